The van der Waals surface area contributed by atoms with Gasteiger partial charge in [0.25, 0.3) is 0 Å². The fourth-order valence-corrected chi connectivity index (χ4v) is 3.15. The highest BCUT2D eigenvalue weighted by atomic mass is 35.5. The van der Waals surface area contributed by atoms with Gasteiger partial charge in [0.05, 0.1) is 11.5 Å². The zero-order chi connectivity index (χ0) is 16.9. The average molecular weight is 371 g/mol. The fourth-order valence-electron chi connectivity index (χ4n) is 2.10. The maximum absolute atomic E-state index is 12.4. The van der Waals surface area contributed by atoms with Crippen molar-refractivity contribution >= 4 is 22.4 Å². The molecule has 3 N–H and O–H groups in total. The molecule has 0 bridgehead atoms. The molecule has 1 atom stereocenters. The quantitative estimate of drug-likeness (QED) is 0.784. The normalized spacial score (nSPS) is 12.3. The molecule has 0 fully saturated rings. The van der Waals surface area contributed by atoms with Gasteiger partial charge >= 0.3 is 0 Å². The van der Waals surface area contributed by atoms with Crippen molar-refractivity contribution in [1.29, 1.82) is 0 Å². The third kappa shape index (κ3) is 5.49. The Morgan fingerprint density at radius 1 is 1.17 bits per heavy atom. The van der Waals surface area contributed by atoms with Crippen LogP contribution in [-0.4, -0.2) is 15.0 Å². The molecule has 0 heterocycles. The SMILES string of the molecule is CCOc1cccc(S(=O)(=O)NCc2ccc(C(C)N)cc2)c1.Cl. The second-order valence-corrected chi connectivity index (χ2v) is 7.03. The molecule has 0 spiro atoms. The van der Waals surface area contributed by atoms with E-state index in [0.717, 1.165) is 11.1 Å². The van der Waals surface area contributed by atoms with Gasteiger partial charge in [-0.1, -0.05) is 30.3 Å². The first kappa shape index (κ1) is 20.4. The minimum atomic E-state index is -3.58. The number of nitrogens with one attached hydrogen (secondary N) is 1. The number of benzene rings is 2. The van der Waals surface area contributed by atoms with Gasteiger partial charge in [-0.05, 0) is 37.1 Å². The summed E-state index contributed by atoms with van der Waals surface area (Å²) in [4.78, 5) is 0.190. The smallest absolute Gasteiger partial charge is 0.241 e. The molecule has 0 saturated carbocycles. The van der Waals surface area contributed by atoms with Crippen molar-refractivity contribution in [2.45, 2.75) is 31.3 Å². The van der Waals surface area contributed by atoms with E-state index in [0.29, 0.717) is 12.4 Å². The Labute approximate surface area is 149 Å². The number of nitrogens with two attached hydrogens (primary N) is 1. The molecule has 0 radical (unpaired) electrons. The van der Waals surface area contributed by atoms with Crippen molar-refractivity contribution in [1.82, 2.24) is 4.72 Å². The number of sulfonamides is 1. The van der Waals surface area contributed by atoms with Gasteiger partial charge in [0, 0.05) is 18.7 Å². The lowest BCUT2D eigenvalue weighted by Crippen LogP contribution is -2.23. The Balaban J connectivity index is 0.00000288. The van der Waals surface area contributed by atoms with Gasteiger partial charge < -0.3 is 10.5 Å². The third-order valence-electron chi connectivity index (χ3n) is 3.40. The number of rotatable bonds is 7. The lowest BCUT2D eigenvalue weighted by Gasteiger charge is -2.10. The topological polar surface area (TPSA) is 81.4 Å². The van der Waals surface area contributed by atoms with Gasteiger partial charge in [-0.15, -0.1) is 12.4 Å². The van der Waals surface area contributed by atoms with E-state index in [9.17, 15) is 8.42 Å². The third-order valence-corrected chi connectivity index (χ3v) is 4.80. The largest absolute Gasteiger partial charge is 0.494 e. The minimum absolute atomic E-state index is 0. The second-order valence-electron chi connectivity index (χ2n) is 5.26. The molecule has 0 aliphatic heterocycles. The lowest BCUT2D eigenvalue weighted by atomic mass is 10.1. The van der Waals surface area contributed by atoms with Crippen LogP contribution in [0, 0.1) is 0 Å². The van der Waals surface area contributed by atoms with E-state index >= 15 is 0 Å². The first-order valence-corrected chi connectivity index (χ1v) is 8.97. The summed E-state index contributed by atoms with van der Waals surface area (Å²) in [5.74, 6) is 0.539. The van der Waals surface area contributed by atoms with E-state index in [1.54, 1.807) is 18.2 Å². The first-order chi connectivity index (χ1) is 10.9. The highest BCUT2D eigenvalue weighted by Gasteiger charge is 2.14. The van der Waals surface area contributed by atoms with Crippen LogP contribution in [0.3, 0.4) is 0 Å². The van der Waals surface area contributed by atoms with Gasteiger partial charge in [0.15, 0.2) is 0 Å². The van der Waals surface area contributed by atoms with Crippen LogP contribution in [0.2, 0.25) is 0 Å². The first-order valence-electron chi connectivity index (χ1n) is 7.49. The van der Waals surface area contributed by atoms with Gasteiger partial charge in [-0.2, -0.15) is 0 Å². The summed E-state index contributed by atoms with van der Waals surface area (Å²) in [6.45, 7) is 4.47. The molecule has 0 aliphatic carbocycles. The molecule has 0 amide bonds. The maximum atomic E-state index is 12.4. The second kappa shape index (κ2) is 9.03. The molecule has 24 heavy (non-hydrogen) atoms. The van der Waals surface area contributed by atoms with Crippen molar-refractivity contribution < 1.29 is 13.2 Å². The standard InChI is InChI=1S/C17H22N2O3S.ClH/c1-3-22-16-5-4-6-17(11-16)23(20,21)19-12-14-7-9-15(10-8-14)13(2)18;/h4-11,13,19H,3,12,18H2,1-2H3;1H. The van der Waals surface area contributed by atoms with E-state index in [1.165, 1.54) is 6.07 Å². The Kier molecular flexibility index (Phi) is 7.69. The molecular formula is C17H23ClN2O3S. The fraction of sp³-hybridized carbons (Fsp3) is 0.294. The molecule has 0 aromatic heterocycles. The Morgan fingerprint density at radius 2 is 1.83 bits per heavy atom. The van der Waals surface area contributed by atoms with E-state index in [4.69, 9.17) is 10.5 Å². The molecular weight excluding hydrogens is 348 g/mol. The van der Waals surface area contributed by atoms with E-state index in [-0.39, 0.29) is 29.9 Å². The zero-order valence-corrected chi connectivity index (χ0v) is 15.4. The van der Waals surface area contributed by atoms with Gasteiger partial charge in [0.1, 0.15) is 5.75 Å². The van der Waals surface area contributed by atoms with Crippen LogP contribution in [0.4, 0.5) is 0 Å². The summed E-state index contributed by atoms with van der Waals surface area (Å²) in [5.41, 5.74) is 7.69. The van der Waals surface area contributed by atoms with Crippen molar-refractivity contribution in [3.63, 3.8) is 0 Å². The molecule has 0 aliphatic rings. The Morgan fingerprint density at radius 3 is 2.42 bits per heavy atom. The predicted octanol–water partition coefficient (Wildman–Crippen LogP) is 3.01. The monoisotopic (exact) mass is 370 g/mol. The summed E-state index contributed by atoms with van der Waals surface area (Å²) in [6.07, 6.45) is 0. The molecule has 2 aromatic carbocycles. The van der Waals surface area contributed by atoms with Crippen molar-refractivity contribution in [2.24, 2.45) is 5.73 Å². The van der Waals surface area contributed by atoms with Gasteiger partial charge in [-0.25, -0.2) is 13.1 Å². The van der Waals surface area contributed by atoms with Crippen LogP contribution in [0.5, 0.6) is 5.75 Å². The summed E-state index contributed by atoms with van der Waals surface area (Å²) in [6, 6.07) is 14.0. The maximum Gasteiger partial charge on any atom is 0.241 e. The Hall–Kier alpha value is -1.60. The van der Waals surface area contributed by atoms with Crippen LogP contribution >= 0.6 is 12.4 Å². The Bertz CT molecular complexity index is 747. The summed E-state index contributed by atoms with van der Waals surface area (Å²) in [5, 5.41) is 0. The van der Waals surface area contributed by atoms with Crippen molar-refractivity contribution in [3.8, 4) is 5.75 Å². The molecule has 2 rings (SSSR count). The minimum Gasteiger partial charge on any atom is -0.494 e. The molecule has 5 nitrogen and oxygen atoms in total. The van der Waals surface area contributed by atoms with Crippen molar-refractivity contribution in [3.05, 3.63) is 59.7 Å². The molecule has 2 aromatic rings. The zero-order valence-electron chi connectivity index (χ0n) is 13.7. The number of halogens is 1. The van der Waals surface area contributed by atoms with E-state index in [1.807, 2.05) is 38.1 Å². The van der Waals surface area contributed by atoms with Crippen LogP contribution in [-0.2, 0) is 16.6 Å². The number of hydrogen-bond donors (Lipinski definition) is 2. The van der Waals surface area contributed by atoms with E-state index < -0.39 is 10.0 Å². The molecule has 7 heteroatoms. The van der Waals surface area contributed by atoms with E-state index in [2.05, 4.69) is 4.72 Å². The average Bonchev–Trinajstić information content (AvgIpc) is 2.54. The van der Waals surface area contributed by atoms with Crippen molar-refractivity contribution in [2.75, 3.05) is 6.61 Å². The van der Waals surface area contributed by atoms with Crippen LogP contribution < -0.4 is 15.2 Å². The summed E-state index contributed by atoms with van der Waals surface area (Å²) in [7, 11) is -3.58. The molecule has 1 unspecified atom stereocenters. The van der Waals surface area contributed by atoms with Gasteiger partial charge in [-0.3, -0.25) is 0 Å². The van der Waals surface area contributed by atoms with Crippen LogP contribution in [0.25, 0.3) is 0 Å². The highest BCUT2D eigenvalue weighted by Crippen LogP contribution is 2.18. The number of ether oxygens (including phenoxy) is 1. The number of hydrogen-bond acceptors (Lipinski definition) is 4. The highest BCUT2D eigenvalue weighted by molar-refractivity contribution is 7.89. The van der Waals surface area contributed by atoms with Gasteiger partial charge in [0.2, 0.25) is 10.0 Å². The molecule has 0 saturated heterocycles. The molecule has 132 valence electrons. The van der Waals surface area contributed by atoms with Crippen LogP contribution in [0.1, 0.15) is 31.0 Å². The van der Waals surface area contributed by atoms with Crippen LogP contribution in [0.15, 0.2) is 53.4 Å². The predicted molar refractivity (Wildman–Crippen MR) is 97.9 cm³/mol. The summed E-state index contributed by atoms with van der Waals surface area (Å²) < 4.78 is 32.6. The lowest BCUT2D eigenvalue weighted by molar-refractivity contribution is 0.339. The summed E-state index contributed by atoms with van der Waals surface area (Å²) >= 11 is 0.